The molecule has 15 heavy (non-hydrogen) atoms. The van der Waals surface area contributed by atoms with Gasteiger partial charge in [-0.2, -0.15) is 5.26 Å². The Balaban J connectivity index is 2.34. The summed E-state index contributed by atoms with van der Waals surface area (Å²) in [7, 11) is 4.06. The molecule has 0 saturated carbocycles. The predicted octanol–water partition coefficient (Wildman–Crippen LogP) is 3.41. The van der Waals surface area contributed by atoms with Gasteiger partial charge in [0.15, 0.2) is 0 Å². The van der Waals surface area contributed by atoms with E-state index in [2.05, 4.69) is 23.1 Å². The molecule has 2 nitrogen and oxygen atoms in total. The molecule has 0 radical (unpaired) electrons. The number of rotatable bonds is 2. The van der Waals surface area contributed by atoms with Crippen LogP contribution in [0.15, 0.2) is 24.3 Å². The zero-order valence-corrected chi connectivity index (χ0v) is 10.2. The lowest BCUT2D eigenvalue weighted by molar-refractivity contribution is 1.16. The molecule has 2 heterocycles. The van der Waals surface area contributed by atoms with E-state index in [9.17, 15) is 0 Å². The van der Waals surface area contributed by atoms with Gasteiger partial charge < -0.3 is 4.90 Å². The van der Waals surface area contributed by atoms with Gasteiger partial charge in [-0.05, 0) is 24.3 Å². The van der Waals surface area contributed by atoms with E-state index in [0.29, 0.717) is 0 Å². The van der Waals surface area contributed by atoms with Gasteiger partial charge in [0.25, 0.3) is 0 Å². The summed E-state index contributed by atoms with van der Waals surface area (Å²) < 4.78 is 0. The van der Waals surface area contributed by atoms with Crippen LogP contribution in [-0.4, -0.2) is 14.1 Å². The highest BCUT2D eigenvalue weighted by molar-refractivity contribution is 7.24. The smallest absolute Gasteiger partial charge is 0.110 e. The monoisotopic (exact) mass is 234 g/mol. The van der Waals surface area contributed by atoms with Crippen LogP contribution >= 0.6 is 22.7 Å². The largest absolute Gasteiger partial charge is 0.370 e. The van der Waals surface area contributed by atoms with Crippen molar-refractivity contribution in [2.45, 2.75) is 0 Å². The summed E-state index contributed by atoms with van der Waals surface area (Å²) in [6.07, 6.45) is 0. The molecule has 0 fully saturated rings. The molecule has 76 valence electrons. The van der Waals surface area contributed by atoms with Crippen molar-refractivity contribution in [2.24, 2.45) is 0 Å². The average molecular weight is 234 g/mol. The van der Waals surface area contributed by atoms with Crippen LogP contribution < -0.4 is 4.90 Å². The number of nitrogens with zero attached hydrogens (tertiary/aromatic N) is 2. The Morgan fingerprint density at radius 1 is 1.07 bits per heavy atom. The normalized spacial score (nSPS) is 9.93. The first-order chi connectivity index (χ1) is 7.20. The number of hydrogen-bond donors (Lipinski definition) is 0. The molecular weight excluding hydrogens is 224 g/mol. The van der Waals surface area contributed by atoms with Gasteiger partial charge in [-0.1, -0.05) is 0 Å². The molecule has 2 aromatic heterocycles. The van der Waals surface area contributed by atoms with Crippen LogP contribution in [0.25, 0.3) is 9.75 Å². The van der Waals surface area contributed by atoms with E-state index in [1.54, 1.807) is 22.7 Å². The summed E-state index contributed by atoms with van der Waals surface area (Å²) >= 11 is 3.29. The number of thiophene rings is 2. The fourth-order valence-corrected chi connectivity index (χ4v) is 3.05. The molecule has 2 rings (SSSR count). The Morgan fingerprint density at radius 2 is 1.73 bits per heavy atom. The van der Waals surface area contributed by atoms with E-state index in [1.165, 1.54) is 14.8 Å². The van der Waals surface area contributed by atoms with Gasteiger partial charge in [-0.25, -0.2) is 0 Å². The molecule has 0 N–H and O–H groups in total. The summed E-state index contributed by atoms with van der Waals surface area (Å²) in [6, 6.07) is 10.2. The molecule has 0 aliphatic carbocycles. The molecule has 2 aromatic rings. The van der Waals surface area contributed by atoms with Crippen LogP contribution in [-0.2, 0) is 0 Å². The molecule has 4 heteroatoms. The second-order valence-electron chi connectivity index (χ2n) is 3.31. The van der Waals surface area contributed by atoms with E-state index in [4.69, 9.17) is 5.26 Å². The van der Waals surface area contributed by atoms with Crippen LogP contribution in [0.1, 0.15) is 4.88 Å². The standard InChI is InChI=1S/C11H10N2S2/c1-13(2)11-6-5-10(15-11)9-4-3-8(7-12)14-9/h3-6H,1-2H3. The van der Waals surface area contributed by atoms with E-state index < -0.39 is 0 Å². The summed E-state index contributed by atoms with van der Waals surface area (Å²) in [6.45, 7) is 0. The molecule has 0 aliphatic heterocycles. The fraction of sp³-hybridized carbons (Fsp3) is 0.182. The summed E-state index contributed by atoms with van der Waals surface area (Å²) in [5, 5.41) is 9.98. The lowest BCUT2D eigenvalue weighted by atomic mass is 10.4. The highest BCUT2D eigenvalue weighted by atomic mass is 32.1. The maximum absolute atomic E-state index is 8.75. The number of hydrogen-bond acceptors (Lipinski definition) is 4. The van der Waals surface area contributed by atoms with Crippen LogP contribution in [0.4, 0.5) is 5.00 Å². The highest BCUT2D eigenvalue weighted by Crippen LogP contribution is 2.36. The molecule has 0 bridgehead atoms. The minimum atomic E-state index is 0.768. The van der Waals surface area contributed by atoms with Gasteiger partial charge in [0, 0.05) is 23.8 Å². The second-order valence-corrected chi connectivity index (χ2v) is 5.45. The van der Waals surface area contributed by atoms with Crippen LogP contribution in [0.5, 0.6) is 0 Å². The predicted molar refractivity (Wildman–Crippen MR) is 66.7 cm³/mol. The first-order valence-corrected chi connectivity index (χ1v) is 6.11. The van der Waals surface area contributed by atoms with Crippen molar-refractivity contribution >= 4 is 27.7 Å². The molecule has 0 aliphatic rings. The van der Waals surface area contributed by atoms with Crippen molar-refractivity contribution in [1.29, 1.82) is 5.26 Å². The van der Waals surface area contributed by atoms with Crippen LogP contribution in [0.3, 0.4) is 0 Å². The highest BCUT2D eigenvalue weighted by Gasteiger charge is 2.06. The maximum atomic E-state index is 8.75. The van der Waals surface area contributed by atoms with E-state index >= 15 is 0 Å². The van der Waals surface area contributed by atoms with Crippen molar-refractivity contribution in [1.82, 2.24) is 0 Å². The Morgan fingerprint density at radius 3 is 2.27 bits per heavy atom. The zero-order valence-electron chi connectivity index (χ0n) is 8.52. The molecular formula is C11H10N2S2. The van der Waals surface area contributed by atoms with Gasteiger partial charge in [0.2, 0.25) is 0 Å². The molecule has 0 unspecified atom stereocenters. The van der Waals surface area contributed by atoms with Gasteiger partial charge in [0.05, 0.1) is 5.00 Å². The SMILES string of the molecule is CN(C)c1ccc(-c2ccc(C#N)s2)s1. The topological polar surface area (TPSA) is 27.0 Å². The average Bonchev–Trinajstić information content (AvgIpc) is 2.86. The third kappa shape index (κ3) is 2.04. The first kappa shape index (κ1) is 10.2. The molecule has 0 atom stereocenters. The Kier molecular flexibility index (Phi) is 2.76. The van der Waals surface area contributed by atoms with Gasteiger partial charge in [-0.3, -0.25) is 0 Å². The lowest BCUT2D eigenvalue weighted by Gasteiger charge is -2.06. The number of anilines is 1. The summed E-state index contributed by atoms with van der Waals surface area (Å²) in [5.74, 6) is 0. The van der Waals surface area contributed by atoms with E-state index in [-0.39, 0.29) is 0 Å². The van der Waals surface area contributed by atoms with Crippen molar-refractivity contribution in [2.75, 3.05) is 19.0 Å². The molecule has 0 saturated heterocycles. The lowest BCUT2D eigenvalue weighted by Crippen LogP contribution is -2.05. The Hall–Kier alpha value is -1.31. The summed E-state index contributed by atoms with van der Waals surface area (Å²) in [4.78, 5) is 5.26. The second kappa shape index (κ2) is 4.05. The minimum absolute atomic E-state index is 0.768. The Labute approximate surface area is 97.0 Å². The van der Waals surface area contributed by atoms with Crippen molar-refractivity contribution < 1.29 is 0 Å². The molecule has 0 aromatic carbocycles. The van der Waals surface area contributed by atoms with Gasteiger partial charge in [-0.15, -0.1) is 22.7 Å². The number of nitriles is 1. The van der Waals surface area contributed by atoms with Crippen molar-refractivity contribution in [3.8, 4) is 15.8 Å². The van der Waals surface area contributed by atoms with Gasteiger partial charge >= 0.3 is 0 Å². The van der Waals surface area contributed by atoms with E-state index in [0.717, 1.165) is 4.88 Å². The third-order valence-corrected chi connectivity index (χ3v) is 4.43. The fourth-order valence-electron chi connectivity index (χ4n) is 1.23. The van der Waals surface area contributed by atoms with E-state index in [1.807, 2.05) is 26.2 Å². The zero-order chi connectivity index (χ0) is 10.8. The first-order valence-electron chi connectivity index (χ1n) is 4.48. The van der Waals surface area contributed by atoms with Crippen molar-refractivity contribution in [3.63, 3.8) is 0 Å². The quantitative estimate of drug-likeness (QED) is 0.796. The van der Waals surface area contributed by atoms with Crippen LogP contribution in [0, 0.1) is 11.3 Å². The van der Waals surface area contributed by atoms with Crippen molar-refractivity contribution in [3.05, 3.63) is 29.1 Å². The maximum Gasteiger partial charge on any atom is 0.110 e. The van der Waals surface area contributed by atoms with Crippen LogP contribution in [0.2, 0.25) is 0 Å². The Bertz CT molecular complexity index is 503. The molecule has 0 spiro atoms. The van der Waals surface area contributed by atoms with Gasteiger partial charge in [0.1, 0.15) is 10.9 Å². The minimum Gasteiger partial charge on any atom is -0.370 e. The molecule has 0 amide bonds. The summed E-state index contributed by atoms with van der Waals surface area (Å²) in [5.41, 5.74) is 0. The third-order valence-electron chi connectivity index (χ3n) is 1.99.